The third kappa shape index (κ3) is 2.33. The van der Waals surface area contributed by atoms with E-state index in [1.807, 2.05) is 0 Å². The van der Waals surface area contributed by atoms with Crippen molar-refractivity contribution in [2.75, 3.05) is 6.79 Å². The summed E-state index contributed by atoms with van der Waals surface area (Å²) in [6.45, 7) is 2.89. The summed E-state index contributed by atoms with van der Waals surface area (Å²) in [6, 6.07) is 0. The Bertz CT molecular complexity index is 342. The minimum atomic E-state index is 0.459. The molecule has 0 radical (unpaired) electrons. The van der Waals surface area contributed by atoms with E-state index in [1.54, 1.807) is 0 Å². The molecular formula is C18H30O2. The van der Waals surface area contributed by atoms with Gasteiger partial charge in [-0.15, -0.1) is 0 Å². The standard InChI is InChI=1S/C18H30O2/c1-12-4-2-3-5-16(12)19-11-20-17-9-8-15-13-6-7-14(10-13)18(15)17/h12-18H,2-11H2,1H3. The van der Waals surface area contributed by atoms with Crippen LogP contribution in [0.25, 0.3) is 0 Å². The van der Waals surface area contributed by atoms with Crippen LogP contribution < -0.4 is 0 Å². The zero-order chi connectivity index (χ0) is 13.5. The van der Waals surface area contributed by atoms with Gasteiger partial charge in [-0.05, 0) is 74.5 Å². The van der Waals surface area contributed by atoms with Crippen molar-refractivity contribution in [2.24, 2.45) is 29.6 Å². The van der Waals surface area contributed by atoms with E-state index in [0.29, 0.717) is 19.0 Å². The smallest absolute Gasteiger partial charge is 0.147 e. The Kier molecular flexibility index (Phi) is 3.80. The molecular weight excluding hydrogens is 248 g/mol. The summed E-state index contributed by atoms with van der Waals surface area (Å²) in [6.07, 6.45) is 13.5. The Hall–Kier alpha value is -0.0800. The lowest BCUT2D eigenvalue weighted by Gasteiger charge is -2.31. The zero-order valence-electron chi connectivity index (χ0n) is 12.9. The van der Waals surface area contributed by atoms with Gasteiger partial charge in [0.25, 0.3) is 0 Å². The van der Waals surface area contributed by atoms with Crippen molar-refractivity contribution < 1.29 is 9.47 Å². The molecule has 0 N–H and O–H groups in total. The molecule has 0 aromatic carbocycles. The first-order valence-corrected chi connectivity index (χ1v) is 9.06. The van der Waals surface area contributed by atoms with E-state index in [1.165, 1.54) is 57.8 Å². The number of hydrogen-bond acceptors (Lipinski definition) is 2. The van der Waals surface area contributed by atoms with Crippen molar-refractivity contribution in [3.8, 4) is 0 Å². The van der Waals surface area contributed by atoms with Crippen molar-refractivity contribution >= 4 is 0 Å². The summed E-state index contributed by atoms with van der Waals surface area (Å²) in [5.74, 6) is 4.67. The van der Waals surface area contributed by atoms with Gasteiger partial charge >= 0.3 is 0 Å². The molecule has 2 bridgehead atoms. The topological polar surface area (TPSA) is 18.5 Å². The SMILES string of the molecule is CC1CCCCC1OCOC1CCC2C3CCC(C3)C12. The van der Waals surface area contributed by atoms with Crippen molar-refractivity contribution in [1.29, 1.82) is 0 Å². The van der Waals surface area contributed by atoms with Crippen molar-refractivity contribution in [2.45, 2.75) is 76.9 Å². The molecule has 7 unspecified atom stereocenters. The number of fused-ring (bicyclic) bond motifs is 5. The van der Waals surface area contributed by atoms with Gasteiger partial charge in [-0.25, -0.2) is 0 Å². The highest BCUT2D eigenvalue weighted by Gasteiger charge is 2.53. The second-order valence-electron chi connectivity index (χ2n) is 7.94. The van der Waals surface area contributed by atoms with Gasteiger partial charge in [0.2, 0.25) is 0 Å². The average Bonchev–Trinajstić information content (AvgIpc) is 3.14. The van der Waals surface area contributed by atoms with E-state index in [2.05, 4.69) is 6.92 Å². The fraction of sp³-hybridized carbons (Fsp3) is 1.00. The molecule has 4 aliphatic carbocycles. The monoisotopic (exact) mass is 278 g/mol. The Morgan fingerprint density at radius 1 is 0.800 bits per heavy atom. The summed E-state index contributed by atoms with van der Waals surface area (Å²) in [5.41, 5.74) is 0. The molecule has 0 spiro atoms. The zero-order valence-corrected chi connectivity index (χ0v) is 12.9. The molecule has 4 saturated carbocycles. The van der Waals surface area contributed by atoms with Gasteiger partial charge in [-0.3, -0.25) is 0 Å². The van der Waals surface area contributed by atoms with Crippen molar-refractivity contribution in [1.82, 2.24) is 0 Å². The van der Waals surface area contributed by atoms with Crippen molar-refractivity contribution in [3.63, 3.8) is 0 Å². The second-order valence-corrected chi connectivity index (χ2v) is 7.94. The van der Waals surface area contributed by atoms with Gasteiger partial charge in [0.1, 0.15) is 6.79 Å². The first-order chi connectivity index (χ1) is 9.83. The minimum Gasteiger partial charge on any atom is -0.352 e. The predicted octanol–water partition coefficient (Wildman–Crippen LogP) is 4.38. The Morgan fingerprint density at radius 3 is 2.50 bits per heavy atom. The van der Waals surface area contributed by atoms with E-state index in [0.717, 1.165) is 29.6 Å². The Balaban J connectivity index is 1.26. The molecule has 7 atom stereocenters. The summed E-state index contributed by atoms with van der Waals surface area (Å²) in [5, 5.41) is 0. The molecule has 0 amide bonds. The van der Waals surface area contributed by atoms with Gasteiger partial charge < -0.3 is 9.47 Å². The van der Waals surface area contributed by atoms with Crippen LogP contribution in [0.2, 0.25) is 0 Å². The first kappa shape index (κ1) is 13.6. The molecule has 2 nitrogen and oxygen atoms in total. The number of rotatable bonds is 4. The molecule has 114 valence electrons. The molecule has 20 heavy (non-hydrogen) atoms. The summed E-state index contributed by atoms with van der Waals surface area (Å²) < 4.78 is 12.3. The maximum absolute atomic E-state index is 6.20. The molecule has 4 rings (SSSR count). The van der Waals surface area contributed by atoms with Crippen LogP contribution >= 0.6 is 0 Å². The Morgan fingerprint density at radius 2 is 1.60 bits per heavy atom. The first-order valence-electron chi connectivity index (χ1n) is 9.06. The van der Waals surface area contributed by atoms with Crippen LogP contribution in [0.5, 0.6) is 0 Å². The number of ether oxygens (including phenoxy) is 2. The normalized spacial score (nSPS) is 50.5. The van der Waals surface area contributed by atoms with Crippen LogP contribution in [-0.2, 0) is 9.47 Å². The van der Waals surface area contributed by atoms with E-state index >= 15 is 0 Å². The highest BCUT2D eigenvalue weighted by Crippen LogP contribution is 2.59. The van der Waals surface area contributed by atoms with Gasteiger partial charge in [0.15, 0.2) is 0 Å². The summed E-state index contributed by atoms with van der Waals surface area (Å²) >= 11 is 0. The van der Waals surface area contributed by atoms with Gasteiger partial charge in [-0.2, -0.15) is 0 Å². The quantitative estimate of drug-likeness (QED) is 0.710. The van der Waals surface area contributed by atoms with E-state index < -0.39 is 0 Å². The molecule has 2 heteroatoms. The van der Waals surface area contributed by atoms with Crippen LogP contribution in [0.1, 0.15) is 64.7 Å². The Labute approximate surface area is 123 Å². The molecule has 0 heterocycles. The lowest BCUT2D eigenvalue weighted by molar-refractivity contribution is -0.147. The molecule has 0 saturated heterocycles. The minimum absolute atomic E-state index is 0.459. The van der Waals surface area contributed by atoms with Gasteiger partial charge in [-0.1, -0.05) is 19.8 Å². The van der Waals surface area contributed by atoms with Crippen LogP contribution in [0, 0.1) is 29.6 Å². The molecule has 0 aromatic rings. The lowest BCUT2D eigenvalue weighted by Crippen LogP contribution is -2.31. The highest BCUT2D eigenvalue weighted by atomic mass is 16.7. The van der Waals surface area contributed by atoms with E-state index in [-0.39, 0.29) is 0 Å². The fourth-order valence-corrected chi connectivity index (χ4v) is 5.95. The van der Waals surface area contributed by atoms with Crippen LogP contribution in [0.4, 0.5) is 0 Å². The average molecular weight is 278 g/mol. The summed E-state index contributed by atoms with van der Waals surface area (Å²) in [4.78, 5) is 0. The molecule has 4 aliphatic rings. The fourth-order valence-electron chi connectivity index (χ4n) is 5.95. The maximum atomic E-state index is 6.20. The van der Waals surface area contributed by atoms with Gasteiger partial charge in [0, 0.05) is 0 Å². The second kappa shape index (κ2) is 5.61. The molecule has 0 aliphatic heterocycles. The maximum Gasteiger partial charge on any atom is 0.147 e. The molecule has 4 fully saturated rings. The summed E-state index contributed by atoms with van der Waals surface area (Å²) in [7, 11) is 0. The van der Waals surface area contributed by atoms with Crippen LogP contribution in [-0.4, -0.2) is 19.0 Å². The highest BCUT2D eigenvalue weighted by molar-refractivity contribution is 5.03. The third-order valence-electron chi connectivity index (χ3n) is 6.97. The van der Waals surface area contributed by atoms with Crippen molar-refractivity contribution in [3.05, 3.63) is 0 Å². The van der Waals surface area contributed by atoms with Crippen LogP contribution in [0.3, 0.4) is 0 Å². The third-order valence-corrected chi connectivity index (χ3v) is 6.97. The molecule has 0 aromatic heterocycles. The predicted molar refractivity (Wildman–Crippen MR) is 79.3 cm³/mol. The van der Waals surface area contributed by atoms with E-state index in [4.69, 9.17) is 9.47 Å². The lowest BCUT2D eigenvalue weighted by atomic mass is 9.81. The number of hydrogen-bond donors (Lipinski definition) is 0. The van der Waals surface area contributed by atoms with Crippen LogP contribution in [0.15, 0.2) is 0 Å². The van der Waals surface area contributed by atoms with E-state index in [9.17, 15) is 0 Å². The largest absolute Gasteiger partial charge is 0.352 e. The van der Waals surface area contributed by atoms with Gasteiger partial charge in [0.05, 0.1) is 12.2 Å².